The van der Waals surface area contributed by atoms with Crippen LogP contribution >= 0.6 is 11.3 Å². The highest BCUT2D eigenvalue weighted by Crippen LogP contribution is 2.19. The summed E-state index contributed by atoms with van der Waals surface area (Å²) in [6.45, 7) is 4.64. The Labute approximate surface area is 144 Å². The average Bonchev–Trinajstić information content (AvgIpc) is 3.08. The topological polar surface area (TPSA) is 54.5 Å². The Balaban J connectivity index is 1.64. The van der Waals surface area contributed by atoms with E-state index >= 15 is 0 Å². The standard InChI is InChI=1S/C17H20FN3O2S/c1-2-13-10-20-16(24-13)11-19-12-3-4-14(15(18)9-12)17(22)21-5-7-23-8-6-21/h3-4,9-10,19H,2,5-8,11H2,1H3. The van der Waals surface area contributed by atoms with Crippen molar-refractivity contribution in [2.75, 3.05) is 31.6 Å². The zero-order valence-corrected chi connectivity index (χ0v) is 14.4. The van der Waals surface area contributed by atoms with E-state index in [0.29, 0.717) is 38.5 Å². The van der Waals surface area contributed by atoms with Crippen molar-refractivity contribution in [3.63, 3.8) is 0 Å². The van der Waals surface area contributed by atoms with Crippen molar-refractivity contribution in [1.82, 2.24) is 9.88 Å². The van der Waals surface area contributed by atoms with Crippen molar-refractivity contribution in [1.29, 1.82) is 0 Å². The predicted octanol–water partition coefficient (Wildman–Crippen LogP) is 2.93. The molecule has 0 saturated carbocycles. The van der Waals surface area contributed by atoms with Crippen LogP contribution in [-0.4, -0.2) is 42.1 Å². The molecule has 128 valence electrons. The smallest absolute Gasteiger partial charge is 0.256 e. The molecule has 0 bridgehead atoms. The number of morpholine rings is 1. The van der Waals surface area contributed by atoms with Gasteiger partial charge in [0.25, 0.3) is 5.91 Å². The van der Waals surface area contributed by atoms with Gasteiger partial charge in [-0.15, -0.1) is 11.3 Å². The van der Waals surface area contributed by atoms with Gasteiger partial charge in [-0.05, 0) is 24.6 Å². The monoisotopic (exact) mass is 349 g/mol. The van der Waals surface area contributed by atoms with Crippen LogP contribution in [0.4, 0.5) is 10.1 Å². The normalized spacial score (nSPS) is 14.7. The van der Waals surface area contributed by atoms with Gasteiger partial charge in [-0.3, -0.25) is 4.79 Å². The molecule has 1 aliphatic rings. The number of anilines is 1. The maximum Gasteiger partial charge on any atom is 0.256 e. The Bertz CT molecular complexity index is 714. The molecule has 1 fully saturated rings. The Morgan fingerprint density at radius 2 is 2.21 bits per heavy atom. The molecule has 3 rings (SSSR count). The molecule has 0 radical (unpaired) electrons. The second-order valence-corrected chi connectivity index (χ2v) is 6.73. The fourth-order valence-electron chi connectivity index (χ4n) is 2.51. The van der Waals surface area contributed by atoms with E-state index in [-0.39, 0.29) is 11.5 Å². The second-order valence-electron chi connectivity index (χ2n) is 5.53. The molecular formula is C17H20FN3O2S. The minimum Gasteiger partial charge on any atom is -0.378 e. The van der Waals surface area contributed by atoms with Gasteiger partial charge in [0.15, 0.2) is 0 Å². The molecule has 0 atom stereocenters. The Morgan fingerprint density at radius 1 is 1.42 bits per heavy atom. The quantitative estimate of drug-likeness (QED) is 0.902. The van der Waals surface area contributed by atoms with Crippen molar-refractivity contribution in [3.05, 3.63) is 45.7 Å². The highest BCUT2D eigenvalue weighted by Gasteiger charge is 2.21. The summed E-state index contributed by atoms with van der Waals surface area (Å²) in [5.74, 6) is -0.792. The molecule has 1 aromatic carbocycles. The first-order valence-electron chi connectivity index (χ1n) is 8.01. The van der Waals surface area contributed by atoms with E-state index in [2.05, 4.69) is 17.2 Å². The van der Waals surface area contributed by atoms with Gasteiger partial charge < -0.3 is 15.0 Å². The number of nitrogens with one attached hydrogen (secondary N) is 1. The third-order valence-electron chi connectivity index (χ3n) is 3.89. The highest BCUT2D eigenvalue weighted by atomic mass is 32.1. The van der Waals surface area contributed by atoms with Gasteiger partial charge in [0.1, 0.15) is 10.8 Å². The van der Waals surface area contributed by atoms with Crippen molar-refractivity contribution in [3.8, 4) is 0 Å². The van der Waals surface area contributed by atoms with Gasteiger partial charge in [-0.1, -0.05) is 6.92 Å². The molecule has 2 aromatic rings. The van der Waals surface area contributed by atoms with Crippen LogP contribution < -0.4 is 5.32 Å². The molecule has 1 aromatic heterocycles. The number of hydrogen-bond donors (Lipinski definition) is 1. The number of benzene rings is 1. The number of hydrogen-bond acceptors (Lipinski definition) is 5. The molecule has 0 unspecified atom stereocenters. The summed E-state index contributed by atoms with van der Waals surface area (Å²) in [6, 6.07) is 4.63. The molecule has 1 aliphatic heterocycles. The largest absolute Gasteiger partial charge is 0.378 e. The Hall–Kier alpha value is -1.99. The molecule has 0 spiro atoms. The lowest BCUT2D eigenvalue weighted by Gasteiger charge is -2.27. The summed E-state index contributed by atoms with van der Waals surface area (Å²) in [4.78, 5) is 19.5. The van der Waals surface area contributed by atoms with Crippen LogP contribution in [0, 0.1) is 5.82 Å². The molecule has 1 saturated heterocycles. The molecular weight excluding hydrogens is 329 g/mol. The van der Waals surface area contributed by atoms with Gasteiger partial charge in [-0.25, -0.2) is 9.37 Å². The van der Waals surface area contributed by atoms with E-state index in [1.165, 1.54) is 17.0 Å². The number of ether oxygens (including phenoxy) is 1. The number of aromatic nitrogens is 1. The number of amides is 1. The first-order valence-corrected chi connectivity index (χ1v) is 8.83. The van der Waals surface area contributed by atoms with Gasteiger partial charge in [0.2, 0.25) is 0 Å². The average molecular weight is 349 g/mol. The van der Waals surface area contributed by atoms with Gasteiger partial charge in [0.05, 0.1) is 25.3 Å². The van der Waals surface area contributed by atoms with Crippen molar-refractivity contribution >= 4 is 22.9 Å². The summed E-state index contributed by atoms with van der Waals surface area (Å²) in [6.07, 6.45) is 2.83. The van der Waals surface area contributed by atoms with Crippen LogP contribution in [0.25, 0.3) is 0 Å². The van der Waals surface area contributed by atoms with Crippen molar-refractivity contribution < 1.29 is 13.9 Å². The third-order valence-corrected chi connectivity index (χ3v) is 5.03. The first-order chi connectivity index (χ1) is 11.7. The van der Waals surface area contributed by atoms with E-state index < -0.39 is 5.82 Å². The van der Waals surface area contributed by atoms with E-state index in [1.54, 1.807) is 22.3 Å². The number of aryl methyl sites for hydroxylation is 1. The van der Waals surface area contributed by atoms with Gasteiger partial charge in [-0.2, -0.15) is 0 Å². The number of thiazole rings is 1. The molecule has 2 heterocycles. The summed E-state index contributed by atoms with van der Waals surface area (Å²) >= 11 is 1.64. The van der Waals surface area contributed by atoms with E-state index in [4.69, 9.17) is 4.74 Å². The van der Waals surface area contributed by atoms with Crippen LogP contribution in [0.3, 0.4) is 0 Å². The summed E-state index contributed by atoms with van der Waals surface area (Å²) in [5.41, 5.74) is 0.740. The molecule has 1 amide bonds. The maximum atomic E-state index is 14.3. The fraction of sp³-hybridized carbons (Fsp3) is 0.412. The van der Waals surface area contributed by atoms with Crippen molar-refractivity contribution in [2.45, 2.75) is 19.9 Å². The summed E-state index contributed by atoms with van der Waals surface area (Å²) in [5, 5.41) is 4.11. The zero-order valence-electron chi connectivity index (χ0n) is 13.5. The lowest BCUT2D eigenvalue weighted by molar-refractivity contribution is 0.0300. The lowest BCUT2D eigenvalue weighted by atomic mass is 10.1. The fourth-order valence-corrected chi connectivity index (χ4v) is 3.31. The van der Waals surface area contributed by atoms with Crippen LogP contribution in [0.2, 0.25) is 0 Å². The first kappa shape index (κ1) is 16.9. The number of carbonyl (C=O) groups is 1. The Morgan fingerprint density at radius 3 is 2.88 bits per heavy atom. The molecule has 1 N–H and O–H groups in total. The minimum absolute atomic E-state index is 0.102. The van der Waals surface area contributed by atoms with Crippen LogP contribution in [0.15, 0.2) is 24.4 Å². The van der Waals surface area contributed by atoms with Crippen LogP contribution in [0.5, 0.6) is 0 Å². The van der Waals surface area contributed by atoms with E-state index in [0.717, 1.165) is 11.4 Å². The van der Waals surface area contributed by atoms with Crippen LogP contribution in [0.1, 0.15) is 27.2 Å². The number of halogens is 1. The third kappa shape index (κ3) is 3.91. The maximum absolute atomic E-state index is 14.3. The van der Waals surface area contributed by atoms with E-state index in [1.807, 2.05) is 6.20 Å². The number of rotatable bonds is 5. The number of carbonyl (C=O) groups excluding carboxylic acids is 1. The van der Waals surface area contributed by atoms with Gasteiger partial charge in [0, 0.05) is 29.9 Å². The Kier molecular flexibility index (Phi) is 5.42. The molecule has 5 nitrogen and oxygen atoms in total. The molecule has 24 heavy (non-hydrogen) atoms. The second kappa shape index (κ2) is 7.72. The predicted molar refractivity (Wildman–Crippen MR) is 91.9 cm³/mol. The van der Waals surface area contributed by atoms with Crippen molar-refractivity contribution in [2.24, 2.45) is 0 Å². The number of nitrogens with zero attached hydrogens (tertiary/aromatic N) is 2. The molecule has 7 heteroatoms. The van der Waals surface area contributed by atoms with Crippen LogP contribution in [-0.2, 0) is 17.7 Å². The highest BCUT2D eigenvalue weighted by molar-refractivity contribution is 7.11. The van der Waals surface area contributed by atoms with Gasteiger partial charge >= 0.3 is 0 Å². The molecule has 0 aliphatic carbocycles. The summed E-state index contributed by atoms with van der Waals surface area (Å²) < 4.78 is 19.5. The lowest BCUT2D eigenvalue weighted by Crippen LogP contribution is -2.41. The van der Waals surface area contributed by atoms with E-state index in [9.17, 15) is 9.18 Å². The SMILES string of the molecule is CCc1cnc(CNc2ccc(C(=O)N3CCOCC3)c(F)c2)s1. The minimum atomic E-state index is -0.509. The summed E-state index contributed by atoms with van der Waals surface area (Å²) in [7, 11) is 0. The zero-order chi connectivity index (χ0) is 16.9.